The number of hydrogen-bond donors (Lipinski definition) is 5. The van der Waals surface area contributed by atoms with Crippen LogP contribution in [0.1, 0.15) is 35.1 Å². The van der Waals surface area contributed by atoms with E-state index in [1.54, 1.807) is 37.3 Å². The van der Waals surface area contributed by atoms with Crippen LogP contribution in [-0.2, 0) is 38.7 Å². The Kier molecular flexibility index (Phi) is 10.4. The molecule has 50 heavy (non-hydrogen) atoms. The minimum absolute atomic E-state index is 0.0889. The standard InChI is InChI=1S/C26H24F4N2O7P2.C8H7N/c1-24(23-31-22(32-39-23)19-5-3-2-4-6-19,15-17-7-11-20(12-8-17)25(27,28)40(33,34)35)16-18-9-13-21(14-10-18)26(29,30)41(36,37)38;1-2-4-8-7(3-1)5-6-9-8/h2-14H,15-16H2,1H3,(H2,33,34,35)(H2,36,37,38);1-6,9H. The number of nitrogens with one attached hydrogen (secondary N) is 1. The van der Waals surface area contributed by atoms with Gasteiger partial charge in [-0.15, -0.1) is 0 Å². The van der Waals surface area contributed by atoms with Crippen molar-refractivity contribution in [2.45, 2.75) is 36.5 Å². The number of hydrogen-bond acceptors (Lipinski definition) is 5. The Labute approximate surface area is 283 Å². The Balaban J connectivity index is 0.000000462. The van der Waals surface area contributed by atoms with E-state index in [4.69, 9.17) is 24.1 Å². The first-order valence-electron chi connectivity index (χ1n) is 14.9. The van der Waals surface area contributed by atoms with Crippen molar-refractivity contribution in [3.05, 3.63) is 144 Å². The first-order valence-corrected chi connectivity index (χ1v) is 18.1. The molecule has 4 aromatic carbocycles. The minimum atomic E-state index is -5.76. The maximum atomic E-state index is 14.1. The number of rotatable bonds is 10. The van der Waals surface area contributed by atoms with Crippen LogP contribution in [0.5, 0.6) is 0 Å². The molecule has 0 aliphatic rings. The van der Waals surface area contributed by atoms with Gasteiger partial charge in [0.15, 0.2) is 0 Å². The van der Waals surface area contributed by atoms with Crippen LogP contribution < -0.4 is 0 Å². The summed E-state index contributed by atoms with van der Waals surface area (Å²) in [7, 11) is -11.5. The summed E-state index contributed by atoms with van der Waals surface area (Å²) in [5.41, 5.74) is -8.80. The number of fused-ring (bicyclic) bond motifs is 1. The number of halogens is 4. The highest BCUT2D eigenvalue weighted by Crippen LogP contribution is 2.60. The summed E-state index contributed by atoms with van der Waals surface area (Å²) in [4.78, 5) is 43.7. The van der Waals surface area contributed by atoms with Gasteiger partial charge in [-0.25, -0.2) is 0 Å². The third-order valence-corrected chi connectivity index (χ3v) is 9.94. The molecule has 0 fully saturated rings. The second kappa shape index (κ2) is 14.1. The molecule has 0 saturated heterocycles. The summed E-state index contributed by atoms with van der Waals surface area (Å²) in [5, 5.41) is 5.30. The molecule has 0 aliphatic heterocycles. The molecule has 0 atom stereocenters. The van der Waals surface area contributed by atoms with Crippen LogP contribution in [-0.4, -0.2) is 34.7 Å². The summed E-state index contributed by atoms with van der Waals surface area (Å²) < 4.78 is 84.6. The van der Waals surface area contributed by atoms with Gasteiger partial charge >= 0.3 is 26.5 Å². The van der Waals surface area contributed by atoms with Crippen LogP contribution in [0.25, 0.3) is 22.3 Å². The summed E-state index contributed by atoms with van der Waals surface area (Å²) in [6.07, 6.45) is 2.13. The van der Waals surface area contributed by atoms with Crippen molar-refractivity contribution in [2.24, 2.45) is 0 Å². The zero-order valence-electron chi connectivity index (χ0n) is 26.2. The first-order chi connectivity index (χ1) is 23.4. The van der Waals surface area contributed by atoms with Crippen LogP contribution in [0.15, 0.2) is 120 Å². The molecule has 0 unspecified atom stereocenters. The Hall–Kier alpha value is -4.42. The highest BCUT2D eigenvalue weighted by atomic mass is 31.2. The molecule has 0 amide bonds. The number of nitrogens with zero attached hydrogens (tertiary/aromatic N) is 2. The summed E-state index contributed by atoms with van der Waals surface area (Å²) in [5.74, 6) is 0.394. The van der Waals surface area contributed by atoms with Crippen LogP contribution in [0.2, 0.25) is 0 Å². The van der Waals surface area contributed by atoms with Crippen molar-refractivity contribution < 1.29 is 50.8 Å². The lowest BCUT2D eigenvalue weighted by Gasteiger charge is -2.27. The Morgan fingerprint density at radius 2 is 1.16 bits per heavy atom. The normalized spacial score (nSPS) is 12.8. The molecule has 0 radical (unpaired) electrons. The van der Waals surface area contributed by atoms with Gasteiger partial charge in [-0.1, -0.05) is 109 Å². The van der Waals surface area contributed by atoms with Gasteiger partial charge < -0.3 is 29.1 Å². The highest BCUT2D eigenvalue weighted by molar-refractivity contribution is 7.52. The van der Waals surface area contributed by atoms with Crippen LogP contribution >= 0.6 is 15.2 Å². The third-order valence-electron chi connectivity index (χ3n) is 7.96. The molecule has 0 bridgehead atoms. The summed E-state index contributed by atoms with van der Waals surface area (Å²) >= 11 is 0. The Morgan fingerprint density at radius 3 is 1.64 bits per heavy atom. The highest BCUT2D eigenvalue weighted by Gasteiger charge is 2.51. The lowest BCUT2D eigenvalue weighted by atomic mass is 9.78. The fraction of sp³-hybridized carbons (Fsp3) is 0.176. The summed E-state index contributed by atoms with van der Waals surface area (Å²) in [6, 6.07) is 27.8. The van der Waals surface area contributed by atoms with Gasteiger partial charge in [0.25, 0.3) is 0 Å². The van der Waals surface area contributed by atoms with Gasteiger partial charge in [0, 0.05) is 28.4 Å². The maximum Gasteiger partial charge on any atom is 0.399 e. The predicted octanol–water partition coefficient (Wildman–Crippen LogP) is 8.10. The number of H-pyrrole nitrogens is 1. The van der Waals surface area contributed by atoms with E-state index >= 15 is 0 Å². The van der Waals surface area contributed by atoms with Crippen molar-refractivity contribution in [3.8, 4) is 11.4 Å². The van der Waals surface area contributed by atoms with E-state index in [2.05, 4.69) is 33.3 Å². The smallest absolute Gasteiger partial charge is 0.361 e. The molecule has 0 aliphatic carbocycles. The predicted molar refractivity (Wildman–Crippen MR) is 178 cm³/mol. The van der Waals surface area contributed by atoms with E-state index in [-0.39, 0.29) is 24.6 Å². The number of benzene rings is 4. The van der Waals surface area contributed by atoms with E-state index < -0.39 is 43.1 Å². The van der Waals surface area contributed by atoms with Crippen LogP contribution in [0.3, 0.4) is 0 Å². The molecule has 5 N–H and O–H groups in total. The van der Waals surface area contributed by atoms with Gasteiger partial charge in [0.2, 0.25) is 11.7 Å². The van der Waals surface area contributed by atoms with E-state index in [1.165, 1.54) is 35.2 Å². The van der Waals surface area contributed by atoms with Gasteiger partial charge in [-0.3, -0.25) is 9.13 Å². The largest absolute Gasteiger partial charge is 0.399 e. The lowest BCUT2D eigenvalue weighted by Crippen LogP contribution is -2.29. The monoisotopic (exact) mass is 731 g/mol. The van der Waals surface area contributed by atoms with Gasteiger partial charge in [-0.2, -0.15) is 22.5 Å². The molecule has 10 nitrogen and oxygen atoms in total. The van der Waals surface area contributed by atoms with Crippen molar-refractivity contribution in [2.75, 3.05) is 0 Å². The second-order valence-electron chi connectivity index (χ2n) is 11.8. The van der Waals surface area contributed by atoms with Crippen molar-refractivity contribution >= 4 is 26.1 Å². The Bertz CT molecular complexity index is 2040. The van der Waals surface area contributed by atoms with E-state index in [9.17, 15) is 26.7 Å². The topological polar surface area (TPSA) is 170 Å². The second-order valence-corrected chi connectivity index (χ2v) is 15.1. The third kappa shape index (κ3) is 7.97. The SMILES string of the molecule is CC(Cc1ccc(C(F)(F)P(=O)(O)O)cc1)(Cc1ccc(C(F)(F)P(=O)(O)O)cc1)c1nc(-c2ccccc2)no1.c1ccc2[nH]ccc2c1. The number of alkyl halides is 4. The van der Waals surface area contributed by atoms with E-state index in [0.29, 0.717) is 16.7 Å². The fourth-order valence-corrected chi connectivity index (χ4v) is 6.24. The fourth-order valence-electron chi connectivity index (χ4n) is 5.27. The zero-order valence-corrected chi connectivity index (χ0v) is 28.0. The summed E-state index contributed by atoms with van der Waals surface area (Å²) in [6.45, 7) is 1.71. The van der Waals surface area contributed by atoms with Crippen molar-refractivity contribution in [1.29, 1.82) is 0 Å². The maximum absolute atomic E-state index is 14.1. The average Bonchev–Trinajstić information content (AvgIpc) is 3.76. The van der Waals surface area contributed by atoms with E-state index in [0.717, 1.165) is 24.3 Å². The molecule has 2 aromatic heterocycles. The first kappa shape index (κ1) is 36.9. The van der Waals surface area contributed by atoms with Crippen LogP contribution in [0.4, 0.5) is 17.6 Å². The van der Waals surface area contributed by atoms with E-state index in [1.807, 2.05) is 18.3 Å². The van der Waals surface area contributed by atoms with Crippen molar-refractivity contribution in [3.63, 3.8) is 0 Å². The minimum Gasteiger partial charge on any atom is -0.361 e. The molecule has 6 aromatic rings. The molecule has 0 spiro atoms. The zero-order chi connectivity index (χ0) is 36.4. The molecule has 2 heterocycles. The lowest BCUT2D eigenvalue weighted by molar-refractivity contribution is 0.0564. The van der Waals surface area contributed by atoms with Gasteiger partial charge in [0.05, 0.1) is 5.41 Å². The average molecular weight is 732 g/mol. The number of aromatic amines is 1. The molecule has 6 rings (SSSR count). The molecule has 0 saturated carbocycles. The van der Waals surface area contributed by atoms with Crippen molar-refractivity contribution in [1.82, 2.24) is 15.1 Å². The molecule has 16 heteroatoms. The molecular formula is C34H31F4N3O7P2. The molecular weight excluding hydrogens is 700 g/mol. The van der Waals surface area contributed by atoms with Crippen LogP contribution in [0, 0.1) is 0 Å². The Morgan fingerprint density at radius 1 is 0.680 bits per heavy atom. The van der Waals surface area contributed by atoms with Gasteiger partial charge in [0.1, 0.15) is 0 Å². The van der Waals surface area contributed by atoms with Gasteiger partial charge in [-0.05, 0) is 41.5 Å². The number of aromatic nitrogens is 3. The quantitative estimate of drug-likeness (QED) is 0.0690. The number of para-hydroxylation sites is 1. The molecule has 262 valence electrons.